The lowest BCUT2D eigenvalue weighted by Gasteiger charge is -2.23. The Hall–Kier alpha value is -2.11. The molecule has 1 rings (SSSR count). The van der Waals surface area contributed by atoms with E-state index in [2.05, 4.69) is 10.3 Å². The van der Waals surface area contributed by atoms with Gasteiger partial charge in [0.2, 0.25) is 5.91 Å². The van der Waals surface area contributed by atoms with Crippen LogP contribution in [0.25, 0.3) is 0 Å². The zero-order chi connectivity index (χ0) is 15.3. The molecule has 6 heteroatoms. The van der Waals surface area contributed by atoms with Gasteiger partial charge in [0.05, 0.1) is 0 Å². The van der Waals surface area contributed by atoms with Crippen molar-refractivity contribution >= 4 is 11.8 Å². The Labute approximate surface area is 118 Å². The molecule has 0 aliphatic rings. The Kier molecular flexibility index (Phi) is 5.49. The Balaban J connectivity index is 2.80. The smallest absolute Gasteiger partial charge is 0.257 e. The molecular formula is C14H21N3O3. The highest BCUT2D eigenvalue weighted by Gasteiger charge is 2.21. The van der Waals surface area contributed by atoms with Gasteiger partial charge in [-0.25, -0.2) is 0 Å². The minimum Gasteiger partial charge on any atom is -0.364 e. The summed E-state index contributed by atoms with van der Waals surface area (Å²) < 4.78 is 0. The van der Waals surface area contributed by atoms with Crippen LogP contribution in [-0.2, 0) is 4.79 Å². The van der Waals surface area contributed by atoms with Crippen molar-refractivity contribution in [3.63, 3.8) is 0 Å². The molecular weight excluding hydrogens is 258 g/mol. The second-order valence-corrected chi connectivity index (χ2v) is 4.60. The number of hydrogen-bond donors (Lipinski definition) is 2. The number of carbonyl (C=O) groups is 2. The van der Waals surface area contributed by atoms with E-state index in [0.717, 1.165) is 0 Å². The molecule has 1 unspecified atom stereocenters. The van der Waals surface area contributed by atoms with Gasteiger partial charge in [-0.05, 0) is 27.7 Å². The summed E-state index contributed by atoms with van der Waals surface area (Å²) in [7, 11) is 0. The molecule has 0 spiro atoms. The summed E-state index contributed by atoms with van der Waals surface area (Å²) >= 11 is 0. The molecule has 2 amide bonds. The fourth-order valence-corrected chi connectivity index (χ4v) is 1.90. The maximum Gasteiger partial charge on any atom is 0.257 e. The van der Waals surface area contributed by atoms with Crippen molar-refractivity contribution in [2.45, 2.75) is 33.7 Å². The zero-order valence-electron chi connectivity index (χ0n) is 12.3. The second kappa shape index (κ2) is 6.88. The first-order valence-corrected chi connectivity index (χ1v) is 6.69. The van der Waals surface area contributed by atoms with E-state index in [1.165, 1.54) is 12.3 Å². The molecule has 0 aromatic carbocycles. The SMILES string of the molecule is CCN(CC)C(=O)C(C)NC(=O)c1c[nH]c(C)cc1=O. The fourth-order valence-electron chi connectivity index (χ4n) is 1.90. The topological polar surface area (TPSA) is 82.3 Å². The summed E-state index contributed by atoms with van der Waals surface area (Å²) in [4.78, 5) is 40.2. The first-order chi connectivity index (χ1) is 9.40. The first kappa shape index (κ1) is 15.9. The van der Waals surface area contributed by atoms with Gasteiger partial charge in [0, 0.05) is 31.0 Å². The third-order valence-electron chi connectivity index (χ3n) is 3.10. The average Bonchev–Trinajstić information content (AvgIpc) is 2.39. The molecule has 1 atom stereocenters. The van der Waals surface area contributed by atoms with E-state index in [1.54, 1.807) is 18.7 Å². The molecule has 0 bridgehead atoms. The molecule has 6 nitrogen and oxygen atoms in total. The number of aromatic amines is 1. The van der Waals surface area contributed by atoms with Crippen molar-refractivity contribution in [1.82, 2.24) is 15.2 Å². The van der Waals surface area contributed by atoms with E-state index in [1.807, 2.05) is 13.8 Å². The molecule has 1 aromatic rings. The Bertz CT molecular complexity index is 547. The second-order valence-electron chi connectivity index (χ2n) is 4.60. The third-order valence-corrected chi connectivity index (χ3v) is 3.10. The molecule has 1 aromatic heterocycles. The standard InChI is InChI=1S/C14H21N3O3/c1-5-17(6-2)14(20)10(4)16-13(19)11-8-15-9(3)7-12(11)18/h7-8,10H,5-6H2,1-4H3,(H,15,18)(H,16,19). The van der Waals surface area contributed by atoms with E-state index in [4.69, 9.17) is 0 Å². The number of hydrogen-bond acceptors (Lipinski definition) is 3. The van der Waals surface area contributed by atoms with Crippen LogP contribution in [0.15, 0.2) is 17.1 Å². The van der Waals surface area contributed by atoms with Crippen molar-refractivity contribution in [1.29, 1.82) is 0 Å². The van der Waals surface area contributed by atoms with Gasteiger partial charge in [0.15, 0.2) is 5.43 Å². The van der Waals surface area contributed by atoms with E-state index < -0.39 is 11.9 Å². The number of H-pyrrole nitrogens is 1. The number of carbonyl (C=O) groups excluding carboxylic acids is 2. The lowest BCUT2D eigenvalue weighted by molar-refractivity contribution is -0.132. The highest BCUT2D eigenvalue weighted by atomic mass is 16.2. The molecule has 1 heterocycles. The summed E-state index contributed by atoms with van der Waals surface area (Å²) in [5.74, 6) is -0.703. The van der Waals surface area contributed by atoms with Gasteiger partial charge in [-0.1, -0.05) is 0 Å². The van der Waals surface area contributed by atoms with Crippen LogP contribution >= 0.6 is 0 Å². The fraction of sp³-hybridized carbons (Fsp3) is 0.500. The molecule has 0 radical (unpaired) electrons. The maximum atomic E-state index is 12.0. The normalized spacial score (nSPS) is 11.8. The van der Waals surface area contributed by atoms with E-state index in [-0.39, 0.29) is 16.9 Å². The van der Waals surface area contributed by atoms with Crippen LogP contribution in [-0.4, -0.2) is 40.8 Å². The maximum absolute atomic E-state index is 12.0. The van der Waals surface area contributed by atoms with Gasteiger partial charge in [-0.3, -0.25) is 14.4 Å². The highest BCUT2D eigenvalue weighted by Crippen LogP contribution is 1.98. The molecule has 2 N–H and O–H groups in total. The summed E-state index contributed by atoms with van der Waals surface area (Å²) in [5, 5.41) is 2.56. The first-order valence-electron chi connectivity index (χ1n) is 6.69. The predicted molar refractivity (Wildman–Crippen MR) is 76.7 cm³/mol. The van der Waals surface area contributed by atoms with Crippen molar-refractivity contribution in [2.75, 3.05) is 13.1 Å². The van der Waals surface area contributed by atoms with Gasteiger partial charge < -0.3 is 15.2 Å². The average molecular weight is 279 g/mol. The quantitative estimate of drug-likeness (QED) is 0.831. The number of aryl methyl sites for hydroxylation is 1. The molecule has 0 fully saturated rings. The van der Waals surface area contributed by atoms with Crippen molar-refractivity contribution in [3.05, 3.63) is 33.7 Å². The van der Waals surface area contributed by atoms with Gasteiger partial charge in [0.1, 0.15) is 11.6 Å². The van der Waals surface area contributed by atoms with Crippen molar-refractivity contribution < 1.29 is 9.59 Å². The van der Waals surface area contributed by atoms with Crippen LogP contribution < -0.4 is 10.7 Å². The van der Waals surface area contributed by atoms with Crippen LogP contribution in [0.2, 0.25) is 0 Å². The van der Waals surface area contributed by atoms with E-state index in [0.29, 0.717) is 18.8 Å². The third kappa shape index (κ3) is 3.69. The summed E-state index contributed by atoms with van der Waals surface area (Å²) in [6, 6.07) is 0.689. The highest BCUT2D eigenvalue weighted by molar-refractivity contribution is 5.97. The minimum atomic E-state index is -0.664. The number of rotatable bonds is 5. The van der Waals surface area contributed by atoms with Gasteiger partial charge in [0.25, 0.3) is 5.91 Å². The molecule has 0 aliphatic heterocycles. The number of pyridine rings is 1. The summed E-state index contributed by atoms with van der Waals surface area (Å²) in [6.07, 6.45) is 1.36. The van der Waals surface area contributed by atoms with Crippen LogP contribution in [0.4, 0.5) is 0 Å². The monoisotopic (exact) mass is 279 g/mol. The van der Waals surface area contributed by atoms with Gasteiger partial charge in [-0.15, -0.1) is 0 Å². The van der Waals surface area contributed by atoms with E-state index in [9.17, 15) is 14.4 Å². The Morgan fingerprint density at radius 3 is 2.45 bits per heavy atom. The molecule has 0 aliphatic carbocycles. The van der Waals surface area contributed by atoms with Gasteiger partial charge >= 0.3 is 0 Å². The van der Waals surface area contributed by atoms with Crippen LogP contribution in [0.5, 0.6) is 0 Å². The van der Waals surface area contributed by atoms with Crippen LogP contribution in [0, 0.1) is 6.92 Å². The Morgan fingerprint density at radius 1 is 1.35 bits per heavy atom. The lowest BCUT2D eigenvalue weighted by Crippen LogP contribution is -2.47. The molecule has 20 heavy (non-hydrogen) atoms. The van der Waals surface area contributed by atoms with Gasteiger partial charge in [-0.2, -0.15) is 0 Å². The Morgan fingerprint density at radius 2 is 1.95 bits per heavy atom. The number of nitrogens with zero attached hydrogens (tertiary/aromatic N) is 1. The number of likely N-dealkylation sites (N-methyl/N-ethyl adjacent to an activating group) is 1. The number of amides is 2. The number of nitrogens with one attached hydrogen (secondary N) is 2. The zero-order valence-corrected chi connectivity index (χ0v) is 12.3. The van der Waals surface area contributed by atoms with Crippen LogP contribution in [0.1, 0.15) is 36.8 Å². The van der Waals surface area contributed by atoms with Crippen molar-refractivity contribution in [2.24, 2.45) is 0 Å². The van der Waals surface area contributed by atoms with E-state index >= 15 is 0 Å². The molecule has 110 valence electrons. The number of aromatic nitrogens is 1. The predicted octanol–water partition coefficient (Wildman–Crippen LogP) is 0.670. The van der Waals surface area contributed by atoms with Crippen LogP contribution in [0.3, 0.4) is 0 Å². The molecule has 0 saturated heterocycles. The lowest BCUT2D eigenvalue weighted by atomic mass is 10.2. The summed E-state index contributed by atoms with van der Waals surface area (Å²) in [6.45, 7) is 8.26. The molecule has 0 saturated carbocycles. The minimum absolute atomic E-state index is 0.00907. The summed E-state index contributed by atoms with van der Waals surface area (Å²) in [5.41, 5.74) is 0.329. The largest absolute Gasteiger partial charge is 0.364 e. The van der Waals surface area contributed by atoms with Crippen molar-refractivity contribution in [3.8, 4) is 0 Å².